The number of hydrogen-bond donors (Lipinski definition) is 2. The van der Waals surface area contributed by atoms with Crippen molar-refractivity contribution in [1.29, 1.82) is 0 Å². The highest BCUT2D eigenvalue weighted by atomic mass is 35.5. The fourth-order valence-electron chi connectivity index (χ4n) is 1.11. The Labute approximate surface area is 119 Å². The molecule has 0 amide bonds. The summed E-state index contributed by atoms with van der Waals surface area (Å²) in [7, 11) is 0. The summed E-state index contributed by atoms with van der Waals surface area (Å²) in [6.07, 6.45) is 0. The minimum absolute atomic E-state index is 0.0641. The number of hydrogen-bond acceptors (Lipinski definition) is 4. The van der Waals surface area contributed by atoms with Crippen LogP contribution in [0.5, 0.6) is 0 Å². The highest BCUT2D eigenvalue weighted by Gasteiger charge is 2.01. The van der Waals surface area contributed by atoms with E-state index in [0.717, 1.165) is 0 Å². The highest BCUT2D eigenvalue weighted by Crippen LogP contribution is 2.23. The van der Waals surface area contributed by atoms with Gasteiger partial charge in [-0.3, -0.25) is 10.1 Å². The molecule has 0 heterocycles. The molecular formula is C12H11Cl2N3O2. The summed E-state index contributed by atoms with van der Waals surface area (Å²) in [5, 5.41) is 11.1. The summed E-state index contributed by atoms with van der Waals surface area (Å²) in [6.45, 7) is 0. The molecule has 4 N–H and O–H groups in total. The van der Waals surface area contributed by atoms with E-state index in [4.69, 9.17) is 34.7 Å². The number of anilines is 2. The van der Waals surface area contributed by atoms with E-state index < -0.39 is 4.92 Å². The van der Waals surface area contributed by atoms with Crippen LogP contribution in [-0.4, -0.2) is 4.92 Å². The second-order valence-corrected chi connectivity index (χ2v) is 4.34. The van der Waals surface area contributed by atoms with Crippen molar-refractivity contribution in [3.8, 4) is 0 Å². The highest BCUT2D eigenvalue weighted by molar-refractivity contribution is 6.42. The Bertz CT molecular complexity index is 574. The summed E-state index contributed by atoms with van der Waals surface area (Å²) in [5.74, 6) is 0. The zero-order valence-corrected chi connectivity index (χ0v) is 11.2. The molecule has 2 rings (SSSR count). The Hall–Kier alpha value is -1.98. The quantitative estimate of drug-likeness (QED) is 0.476. The van der Waals surface area contributed by atoms with Crippen LogP contribution in [0.2, 0.25) is 10.0 Å². The fourth-order valence-corrected chi connectivity index (χ4v) is 1.41. The lowest BCUT2D eigenvalue weighted by molar-refractivity contribution is -0.384. The molecule has 0 aliphatic heterocycles. The first-order chi connectivity index (χ1) is 8.90. The minimum Gasteiger partial charge on any atom is -0.399 e. The number of non-ortho nitro benzene ring substituents is 1. The molecule has 19 heavy (non-hydrogen) atoms. The molecule has 0 saturated heterocycles. The average Bonchev–Trinajstić information content (AvgIpc) is 2.35. The number of halogens is 2. The fraction of sp³-hybridized carbons (Fsp3) is 0. The first-order valence-corrected chi connectivity index (χ1v) is 5.86. The van der Waals surface area contributed by atoms with Crippen LogP contribution < -0.4 is 11.5 Å². The SMILES string of the molecule is Nc1ccc(Cl)c(Cl)c1.Nc1ccc([N+](=O)[O-])cc1. The lowest BCUT2D eigenvalue weighted by Crippen LogP contribution is -1.88. The van der Waals surface area contributed by atoms with Crippen molar-refractivity contribution in [3.05, 3.63) is 62.6 Å². The number of nitro groups is 1. The maximum Gasteiger partial charge on any atom is 0.269 e. The molecule has 7 heteroatoms. The van der Waals surface area contributed by atoms with Crippen molar-refractivity contribution < 1.29 is 4.92 Å². The van der Waals surface area contributed by atoms with Crippen LogP contribution in [0.15, 0.2) is 42.5 Å². The number of benzene rings is 2. The summed E-state index contributed by atoms with van der Waals surface area (Å²) in [6, 6.07) is 10.7. The molecule has 0 atom stereocenters. The molecule has 0 fully saturated rings. The van der Waals surface area contributed by atoms with E-state index in [1.807, 2.05) is 0 Å². The van der Waals surface area contributed by atoms with Crippen LogP contribution >= 0.6 is 23.2 Å². The third-order valence-corrected chi connectivity index (χ3v) is 2.79. The molecule has 0 spiro atoms. The lowest BCUT2D eigenvalue weighted by Gasteiger charge is -1.94. The van der Waals surface area contributed by atoms with Crippen molar-refractivity contribution in [2.45, 2.75) is 0 Å². The van der Waals surface area contributed by atoms with Gasteiger partial charge in [0.25, 0.3) is 5.69 Å². The monoisotopic (exact) mass is 299 g/mol. The molecule has 0 saturated carbocycles. The van der Waals surface area contributed by atoms with Crippen molar-refractivity contribution in [1.82, 2.24) is 0 Å². The van der Waals surface area contributed by atoms with Gasteiger partial charge in [-0.25, -0.2) is 0 Å². The van der Waals surface area contributed by atoms with E-state index in [2.05, 4.69) is 0 Å². The van der Waals surface area contributed by atoms with E-state index in [0.29, 0.717) is 21.4 Å². The molecule has 0 unspecified atom stereocenters. The van der Waals surface area contributed by atoms with E-state index in [9.17, 15) is 10.1 Å². The van der Waals surface area contributed by atoms with Crippen LogP contribution in [0.3, 0.4) is 0 Å². The second kappa shape index (κ2) is 6.82. The molecule has 2 aromatic carbocycles. The van der Waals surface area contributed by atoms with Crippen LogP contribution in [0.4, 0.5) is 17.1 Å². The molecule has 0 bridgehead atoms. The summed E-state index contributed by atoms with van der Waals surface area (Å²) in [4.78, 5) is 9.62. The van der Waals surface area contributed by atoms with Gasteiger partial charge in [0.05, 0.1) is 15.0 Å². The number of nitrogens with two attached hydrogens (primary N) is 2. The standard InChI is InChI=1S/C6H5Cl2N.C6H6N2O2/c7-5-2-1-4(9)3-6(5)8;7-5-1-3-6(4-2-5)8(9)10/h1-3H,9H2;1-4H,7H2. The summed E-state index contributed by atoms with van der Waals surface area (Å²) >= 11 is 11.2. The van der Waals surface area contributed by atoms with Crippen molar-refractivity contribution >= 4 is 40.3 Å². The predicted octanol–water partition coefficient (Wildman–Crippen LogP) is 3.75. The van der Waals surface area contributed by atoms with Gasteiger partial charge in [-0.05, 0) is 30.3 Å². The van der Waals surface area contributed by atoms with E-state index in [-0.39, 0.29) is 5.69 Å². The van der Waals surface area contributed by atoms with E-state index >= 15 is 0 Å². The van der Waals surface area contributed by atoms with Gasteiger partial charge in [0.15, 0.2) is 0 Å². The number of nitrogen functional groups attached to an aromatic ring is 2. The van der Waals surface area contributed by atoms with Crippen molar-refractivity contribution in [2.75, 3.05) is 11.5 Å². The topological polar surface area (TPSA) is 95.2 Å². The Morgan fingerprint density at radius 3 is 1.84 bits per heavy atom. The first kappa shape index (κ1) is 15.1. The number of rotatable bonds is 1. The normalized spacial score (nSPS) is 9.37. The van der Waals surface area contributed by atoms with Gasteiger partial charge in [-0.1, -0.05) is 23.2 Å². The molecule has 0 aromatic heterocycles. The number of nitro benzene ring substituents is 1. The molecule has 0 radical (unpaired) electrons. The van der Waals surface area contributed by atoms with E-state index in [1.54, 1.807) is 18.2 Å². The van der Waals surface area contributed by atoms with Gasteiger partial charge in [0, 0.05) is 23.5 Å². The second-order valence-electron chi connectivity index (χ2n) is 3.52. The third kappa shape index (κ3) is 5.03. The van der Waals surface area contributed by atoms with Crippen LogP contribution in [-0.2, 0) is 0 Å². The summed E-state index contributed by atoms with van der Waals surface area (Å²) in [5.41, 5.74) is 11.9. The van der Waals surface area contributed by atoms with Crippen LogP contribution in [0, 0.1) is 10.1 Å². The zero-order chi connectivity index (χ0) is 14.4. The number of nitrogens with zero attached hydrogens (tertiary/aromatic N) is 1. The minimum atomic E-state index is -0.459. The Morgan fingerprint density at radius 1 is 0.895 bits per heavy atom. The average molecular weight is 300 g/mol. The van der Waals surface area contributed by atoms with Crippen LogP contribution in [0.1, 0.15) is 0 Å². The molecule has 0 aliphatic carbocycles. The summed E-state index contributed by atoms with van der Waals surface area (Å²) < 4.78 is 0. The molecule has 2 aromatic rings. The molecule has 100 valence electrons. The largest absolute Gasteiger partial charge is 0.399 e. The van der Waals surface area contributed by atoms with Crippen molar-refractivity contribution in [3.63, 3.8) is 0 Å². The maximum atomic E-state index is 10.1. The van der Waals surface area contributed by atoms with Gasteiger partial charge >= 0.3 is 0 Å². The van der Waals surface area contributed by atoms with Crippen molar-refractivity contribution in [2.24, 2.45) is 0 Å². The van der Waals surface area contributed by atoms with Gasteiger partial charge in [0.1, 0.15) is 0 Å². The smallest absolute Gasteiger partial charge is 0.269 e. The third-order valence-electron chi connectivity index (χ3n) is 2.05. The van der Waals surface area contributed by atoms with Crippen LogP contribution in [0.25, 0.3) is 0 Å². The van der Waals surface area contributed by atoms with Gasteiger partial charge in [-0.2, -0.15) is 0 Å². The maximum absolute atomic E-state index is 10.1. The Kier molecular flexibility index (Phi) is 5.41. The lowest BCUT2D eigenvalue weighted by atomic mass is 10.3. The zero-order valence-electron chi connectivity index (χ0n) is 9.72. The van der Waals surface area contributed by atoms with Gasteiger partial charge in [0.2, 0.25) is 0 Å². The Morgan fingerprint density at radius 2 is 1.42 bits per heavy atom. The molecule has 5 nitrogen and oxygen atoms in total. The molecular weight excluding hydrogens is 289 g/mol. The first-order valence-electron chi connectivity index (χ1n) is 5.10. The van der Waals surface area contributed by atoms with Gasteiger partial charge in [-0.15, -0.1) is 0 Å². The predicted molar refractivity (Wildman–Crippen MR) is 78.4 cm³/mol. The van der Waals surface area contributed by atoms with E-state index in [1.165, 1.54) is 24.3 Å². The Balaban J connectivity index is 0.000000191. The van der Waals surface area contributed by atoms with Gasteiger partial charge < -0.3 is 11.5 Å². The molecule has 0 aliphatic rings.